The Kier molecular flexibility index (Phi) is 4.00. The Morgan fingerprint density at radius 1 is 1.29 bits per heavy atom. The van der Waals surface area contributed by atoms with Crippen LogP contribution in [-0.2, 0) is 6.42 Å². The van der Waals surface area contributed by atoms with Crippen LogP contribution in [0.3, 0.4) is 0 Å². The van der Waals surface area contributed by atoms with Crippen LogP contribution in [0.2, 0.25) is 0 Å². The van der Waals surface area contributed by atoms with Crippen molar-refractivity contribution in [2.24, 2.45) is 0 Å². The summed E-state index contributed by atoms with van der Waals surface area (Å²) in [6.45, 7) is 4.24. The van der Waals surface area contributed by atoms with E-state index in [9.17, 15) is 4.39 Å². The normalized spacial score (nSPS) is 12.7. The first-order valence-electron chi connectivity index (χ1n) is 5.51. The molecule has 1 heterocycles. The molecule has 17 heavy (non-hydrogen) atoms. The molecule has 0 bridgehead atoms. The summed E-state index contributed by atoms with van der Waals surface area (Å²) in [5.41, 5.74) is 2.34. The number of hydrogen-bond acceptors (Lipinski definition) is 1. The molecule has 0 nitrogen and oxygen atoms in total. The van der Waals surface area contributed by atoms with Crippen LogP contribution >= 0.6 is 27.3 Å². The lowest BCUT2D eigenvalue weighted by Gasteiger charge is -2.09. The molecule has 0 saturated carbocycles. The predicted molar refractivity (Wildman–Crippen MR) is 75.6 cm³/mol. The Labute approximate surface area is 114 Å². The van der Waals surface area contributed by atoms with Gasteiger partial charge in [-0.3, -0.25) is 0 Å². The van der Waals surface area contributed by atoms with Crippen LogP contribution in [-0.4, -0.2) is 0 Å². The summed E-state index contributed by atoms with van der Waals surface area (Å²) >= 11 is 5.50. The number of benzene rings is 1. The molecule has 0 saturated heterocycles. The average molecular weight is 313 g/mol. The van der Waals surface area contributed by atoms with Gasteiger partial charge in [-0.25, -0.2) is 4.39 Å². The third-order valence-electron chi connectivity index (χ3n) is 2.67. The van der Waals surface area contributed by atoms with Crippen LogP contribution in [0.1, 0.15) is 25.7 Å². The largest absolute Gasteiger partial charge is 0.207 e. The minimum atomic E-state index is -0.165. The van der Waals surface area contributed by atoms with Crippen LogP contribution in [0.4, 0.5) is 4.39 Å². The summed E-state index contributed by atoms with van der Waals surface area (Å²) in [5.74, 6) is -0.165. The van der Waals surface area contributed by atoms with Gasteiger partial charge in [0, 0.05) is 9.75 Å². The minimum Gasteiger partial charge on any atom is -0.207 e. The molecular formula is C14H14BrFS. The lowest BCUT2D eigenvalue weighted by molar-refractivity contribution is 0.625. The van der Waals surface area contributed by atoms with Crippen molar-refractivity contribution in [3.8, 4) is 0 Å². The van der Waals surface area contributed by atoms with Gasteiger partial charge in [0.25, 0.3) is 0 Å². The standard InChI is InChI=1S/C14H14BrFS/c1-9-6-10(2)17-14(9)13(15)8-11-4-3-5-12(16)7-11/h3-7,13H,8H2,1-2H3. The molecule has 3 heteroatoms. The SMILES string of the molecule is Cc1cc(C)c(C(Br)Cc2cccc(F)c2)s1. The Balaban J connectivity index is 2.16. The lowest BCUT2D eigenvalue weighted by atomic mass is 10.1. The zero-order valence-corrected chi connectivity index (χ0v) is 12.2. The maximum absolute atomic E-state index is 13.1. The molecule has 2 aromatic rings. The van der Waals surface area contributed by atoms with Gasteiger partial charge in [-0.15, -0.1) is 11.3 Å². The first kappa shape index (κ1) is 12.8. The molecule has 0 N–H and O–H groups in total. The van der Waals surface area contributed by atoms with Gasteiger partial charge < -0.3 is 0 Å². The van der Waals surface area contributed by atoms with Gasteiger partial charge in [0.15, 0.2) is 0 Å². The highest BCUT2D eigenvalue weighted by molar-refractivity contribution is 9.09. The fourth-order valence-corrected chi connectivity index (χ4v) is 3.96. The van der Waals surface area contributed by atoms with Crippen molar-refractivity contribution in [2.75, 3.05) is 0 Å². The summed E-state index contributed by atoms with van der Waals surface area (Å²) in [6, 6.07) is 9.00. The summed E-state index contributed by atoms with van der Waals surface area (Å²) in [7, 11) is 0. The van der Waals surface area contributed by atoms with Crippen molar-refractivity contribution in [3.05, 3.63) is 57.0 Å². The Hall–Kier alpha value is -0.670. The molecule has 1 aromatic carbocycles. The van der Waals surface area contributed by atoms with Crippen LogP contribution in [0.15, 0.2) is 30.3 Å². The highest BCUT2D eigenvalue weighted by atomic mass is 79.9. The van der Waals surface area contributed by atoms with Crippen LogP contribution in [0.25, 0.3) is 0 Å². The highest BCUT2D eigenvalue weighted by Crippen LogP contribution is 2.35. The third-order valence-corrected chi connectivity index (χ3v) is 5.02. The summed E-state index contributed by atoms with van der Waals surface area (Å²) < 4.78 is 13.1. The van der Waals surface area contributed by atoms with Gasteiger partial charge in [-0.1, -0.05) is 28.1 Å². The van der Waals surface area contributed by atoms with E-state index in [1.54, 1.807) is 23.5 Å². The van der Waals surface area contributed by atoms with E-state index < -0.39 is 0 Å². The van der Waals surface area contributed by atoms with E-state index >= 15 is 0 Å². The second-order valence-corrected chi connectivity index (χ2v) is 6.60. The first-order valence-corrected chi connectivity index (χ1v) is 7.25. The zero-order valence-electron chi connectivity index (χ0n) is 9.84. The molecule has 0 aliphatic carbocycles. The molecule has 0 radical (unpaired) electrons. The number of rotatable bonds is 3. The summed E-state index contributed by atoms with van der Waals surface area (Å²) in [4.78, 5) is 2.93. The maximum atomic E-state index is 13.1. The van der Waals surface area contributed by atoms with E-state index in [2.05, 4.69) is 35.8 Å². The van der Waals surface area contributed by atoms with E-state index in [1.165, 1.54) is 21.4 Å². The molecular weight excluding hydrogens is 299 g/mol. The topological polar surface area (TPSA) is 0 Å². The number of aryl methyl sites for hydroxylation is 2. The predicted octanol–water partition coefficient (Wildman–Crippen LogP) is 5.18. The second kappa shape index (κ2) is 5.32. The van der Waals surface area contributed by atoms with Gasteiger partial charge >= 0.3 is 0 Å². The van der Waals surface area contributed by atoms with Gasteiger partial charge in [-0.2, -0.15) is 0 Å². The van der Waals surface area contributed by atoms with Crippen molar-refractivity contribution in [3.63, 3.8) is 0 Å². The number of halogens is 2. The molecule has 0 fully saturated rings. The number of hydrogen-bond donors (Lipinski definition) is 0. The fourth-order valence-electron chi connectivity index (χ4n) is 1.93. The van der Waals surface area contributed by atoms with Crippen molar-refractivity contribution >= 4 is 27.3 Å². The van der Waals surface area contributed by atoms with Crippen LogP contribution < -0.4 is 0 Å². The summed E-state index contributed by atoms with van der Waals surface area (Å²) in [5, 5.41) is 0. The van der Waals surface area contributed by atoms with Crippen LogP contribution in [0.5, 0.6) is 0 Å². The number of alkyl halides is 1. The fraction of sp³-hybridized carbons (Fsp3) is 0.286. The third kappa shape index (κ3) is 3.17. The minimum absolute atomic E-state index is 0.165. The maximum Gasteiger partial charge on any atom is 0.123 e. The smallest absolute Gasteiger partial charge is 0.123 e. The van der Waals surface area contributed by atoms with Gasteiger partial charge in [0.05, 0.1) is 4.83 Å². The molecule has 0 amide bonds. The van der Waals surface area contributed by atoms with Crippen molar-refractivity contribution in [1.82, 2.24) is 0 Å². The molecule has 1 atom stereocenters. The zero-order chi connectivity index (χ0) is 12.4. The molecule has 1 aromatic heterocycles. The Bertz CT molecular complexity index is 519. The van der Waals surface area contributed by atoms with E-state index in [1.807, 2.05) is 6.07 Å². The van der Waals surface area contributed by atoms with Gasteiger partial charge in [0.2, 0.25) is 0 Å². The molecule has 1 unspecified atom stereocenters. The van der Waals surface area contributed by atoms with E-state index in [-0.39, 0.29) is 10.6 Å². The summed E-state index contributed by atoms with van der Waals surface area (Å²) in [6.07, 6.45) is 0.818. The second-order valence-electron chi connectivity index (χ2n) is 4.21. The van der Waals surface area contributed by atoms with Crippen molar-refractivity contribution < 1.29 is 4.39 Å². The average Bonchev–Trinajstić information content (AvgIpc) is 2.58. The highest BCUT2D eigenvalue weighted by Gasteiger charge is 2.14. The van der Waals surface area contributed by atoms with Crippen LogP contribution in [0, 0.1) is 19.7 Å². The Morgan fingerprint density at radius 3 is 2.65 bits per heavy atom. The van der Waals surface area contributed by atoms with Gasteiger partial charge in [0.1, 0.15) is 5.82 Å². The molecule has 2 rings (SSSR count). The lowest BCUT2D eigenvalue weighted by Crippen LogP contribution is -1.95. The molecule has 90 valence electrons. The van der Waals surface area contributed by atoms with Crippen molar-refractivity contribution in [2.45, 2.75) is 25.1 Å². The van der Waals surface area contributed by atoms with Gasteiger partial charge in [-0.05, 0) is 49.6 Å². The number of thiophene rings is 1. The monoisotopic (exact) mass is 312 g/mol. The first-order chi connectivity index (χ1) is 8.06. The van der Waals surface area contributed by atoms with E-state index in [0.717, 1.165) is 12.0 Å². The molecule has 0 aliphatic rings. The van der Waals surface area contributed by atoms with E-state index in [4.69, 9.17) is 0 Å². The van der Waals surface area contributed by atoms with E-state index in [0.29, 0.717) is 0 Å². The Morgan fingerprint density at radius 2 is 2.06 bits per heavy atom. The quantitative estimate of drug-likeness (QED) is 0.685. The van der Waals surface area contributed by atoms with Crippen molar-refractivity contribution in [1.29, 1.82) is 0 Å². The molecule has 0 aliphatic heterocycles. The molecule has 0 spiro atoms.